The number of hydrogen-bond acceptors (Lipinski definition) is 4. The molecule has 0 aliphatic heterocycles. The molecule has 140 valence electrons. The summed E-state index contributed by atoms with van der Waals surface area (Å²) < 4.78 is 44.0. The van der Waals surface area contributed by atoms with Crippen molar-refractivity contribution in [2.75, 3.05) is 7.11 Å². The molecule has 2 N–H and O–H groups in total. The Balaban J connectivity index is 1.97. The predicted octanol–water partition coefficient (Wildman–Crippen LogP) is 4.15. The summed E-state index contributed by atoms with van der Waals surface area (Å²) in [5, 5.41) is 20.2. The Hall–Kier alpha value is -3.42. The van der Waals surface area contributed by atoms with E-state index in [0.717, 1.165) is 28.8 Å². The molecule has 0 atom stereocenters. The van der Waals surface area contributed by atoms with Crippen molar-refractivity contribution in [3.05, 3.63) is 71.4 Å². The van der Waals surface area contributed by atoms with Crippen LogP contribution in [0.25, 0.3) is 5.69 Å². The maximum Gasteiger partial charge on any atom is 0.416 e. The smallest absolute Gasteiger partial charge is 0.416 e. The molecule has 0 radical (unpaired) electrons. The highest BCUT2D eigenvalue weighted by atomic mass is 19.4. The van der Waals surface area contributed by atoms with Gasteiger partial charge >= 0.3 is 6.18 Å². The van der Waals surface area contributed by atoms with Crippen LogP contribution in [0.15, 0.2) is 54.7 Å². The third kappa shape index (κ3) is 3.46. The first-order valence-corrected chi connectivity index (χ1v) is 7.72. The summed E-state index contributed by atoms with van der Waals surface area (Å²) >= 11 is 0. The quantitative estimate of drug-likeness (QED) is 0.670. The highest BCUT2D eigenvalue weighted by molar-refractivity contribution is 6.11. The number of ketones is 1. The number of aromatic hydroxyl groups is 2. The van der Waals surface area contributed by atoms with E-state index in [1.54, 1.807) is 12.1 Å². The number of carbonyl (C=O) groups excluding carboxylic acids is 1. The fraction of sp³-hybridized carbons (Fsp3) is 0.105. The third-order valence-electron chi connectivity index (χ3n) is 4.02. The SMILES string of the molecule is COc1ccc(C(=O)c2cn(-c3ccc(C(F)(F)F)cc3)c(O)c2O)cc1. The first kappa shape index (κ1) is 18.4. The number of rotatable bonds is 4. The average Bonchev–Trinajstić information content (AvgIpc) is 2.96. The molecule has 5 nitrogen and oxygen atoms in total. The Morgan fingerprint density at radius 1 is 1.00 bits per heavy atom. The number of methoxy groups -OCH3 is 1. The van der Waals surface area contributed by atoms with Gasteiger partial charge in [0.1, 0.15) is 5.75 Å². The zero-order valence-corrected chi connectivity index (χ0v) is 14.0. The molecule has 8 heteroatoms. The van der Waals surface area contributed by atoms with Gasteiger partial charge in [0, 0.05) is 17.4 Å². The number of alkyl halides is 3. The molecule has 27 heavy (non-hydrogen) atoms. The molecule has 0 saturated carbocycles. The van der Waals surface area contributed by atoms with Crippen LogP contribution in [0.4, 0.5) is 13.2 Å². The molecule has 0 amide bonds. The Morgan fingerprint density at radius 2 is 1.59 bits per heavy atom. The summed E-state index contributed by atoms with van der Waals surface area (Å²) in [4.78, 5) is 12.6. The van der Waals surface area contributed by atoms with E-state index in [2.05, 4.69) is 0 Å². The van der Waals surface area contributed by atoms with Crippen LogP contribution in [0.2, 0.25) is 0 Å². The number of ether oxygens (including phenoxy) is 1. The lowest BCUT2D eigenvalue weighted by molar-refractivity contribution is -0.137. The number of benzene rings is 2. The Labute approximate surface area is 151 Å². The van der Waals surface area contributed by atoms with Crippen LogP contribution in [0.5, 0.6) is 17.4 Å². The first-order valence-electron chi connectivity index (χ1n) is 7.72. The Morgan fingerprint density at radius 3 is 2.11 bits per heavy atom. The van der Waals surface area contributed by atoms with Crippen molar-refractivity contribution in [1.29, 1.82) is 0 Å². The highest BCUT2D eigenvalue weighted by Crippen LogP contribution is 2.36. The zero-order valence-electron chi connectivity index (χ0n) is 14.0. The summed E-state index contributed by atoms with van der Waals surface area (Å²) in [5.41, 5.74) is -0.630. The van der Waals surface area contributed by atoms with Gasteiger partial charge in [0.25, 0.3) is 0 Å². The van der Waals surface area contributed by atoms with Gasteiger partial charge in [0.05, 0.1) is 18.2 Å². The second kappa shape index (κ2) is 6.71. The molecule has 0 fully saturated rings. The van der Waals surface area contributed by atoms with Crippen LogP contribution >= 0.6 is 0 Å². The highest BCUT2D eigenvalue weighted by Gasteiger charge is 2.30. The number of halogens is 3. The first-order chi connectivity index (χ1) is 12.7. The molecule has 3 aromatic rings. The summed E-state index contributed by atoms with van der Waals surface area (Å²) in [6.45, 7) is 0. The second-order valence-corrected chi connectivity index (χ2v) is 5.69. The van der Waals surface area contributed by atoms with Crippen molar-refractivity contribution in [1.82, 2.24) is 4.57 Å². The Kier molecular flexibility index (Phi) is 4.57. The number of hydrogen-bond donors (Lipinski definition) is 2. The summed E-state index contributed by atoms with van der Waals surface area (Å²) in [7, 11) is 1.48. The monoisotopic (exact) mass is 377 g/mol. The van der Waals surface area contributed by atoms with Crippen molar-refractivity contribution in [3.63, 3.8) is 0 Å². The second-order valence-electron chi connectivity index (χ2n) is 5.69. The summed E-state index contributed by atoms with van der Waals surface area (Å²) in [5.74, 6) is -1.32. The van der Waals surface area contributed by atoms with Gasteiger partial charge in [-0.1, -0.05) is 0 Å². The number of aromatic nitrogens is 1. The van der Waals surface area contributed by atoms with Crippen LogP contribution in [0.1, 0.15) is 21.5 Å². The molecule has 0 saturated heterocycles. The molecule has 2 aromatic carbocycles. The molecular weight excluding hydrogens is 363 g/mol. The minimum Gasteiger partial charge on any atom is -0.503 e. The third-order valence-corrected chi connectivity index (χ3v) is 4.02. The fourth-order valence-corrected chi connectivity index (χ4v) is 2.56. The van der Waals surface area contributed by atoms with Gasteiger partial charge in [-0.25, -0.2) is 0 Å². The van der Waals surface area contributed by atoms with Crippen molar-refractivity contribution >= 4 is 5.78 Å². The molecular formula is C19H14F3NO4. The minimum atomic E-state index is -4.49. The van der Waals surface area contributed by atoms with Gasteiger partial charge in [-0.3, -0.25) is 9.36 Å². The van der Waals surface area contributed by atoms with Crippen molar-refractivity contribution in [3.8, 4) is 23.1 Å². The maximum absolute atomic E-state index is 12.7. The summed E-state index contributed by atoms with van der Waals surface area (Å²) in [6.07, 6.45) is -3.32. The van der Waals surface area contributed by atoms with Crippen molar-refractivity contribution in [2.24, 2.45) is 0 Å². The van der Waals surface area contributed by atoms with Crippen LogP contribution < -0.4 is 4.74 Å². The predicted molar refractivity (Wildman–Crippen MR) is 90.5 cm³/mol. The molecule has 0 aliphatic rings. The largest absolute Gasteiger partial charge is 0.503 e. The normalized spacial score (nSPS) is 11.4. The van der Waals surface area contributed by atoms with Gasteiger partial charge in [0.2, 0.25) is 5.88 Å². The fourth-order valence-electron chi connectivity index (χ4n) is 2.56. The van der Waals surface area contributed by atoms with E-state index >= 15 is 0 Å². The number of nitrogens with zero attached hydrogens (tertiary/aromatic N) is 1. The molecule has 1 aromatic heterocycles. The van der Waals surface area contributed by atoms with Crippen molar-refractivity contribution < 1.29 is 32.9 Å². The van der Waals surface area contributed by atoms with E-state index in [-0.39, 0.29) is 16.8 Å². The average molecular weight is 377 g/mol. The summed E-state index contributed by atoms with van der Waals surface area (Å²) in [6, 6.07) is 10.1. The van der Waals surface area contributed by atoms with Crippen LogP contribution in [-0.4, -0.2) is 27.7 Å². The van der Waals surface area contributed by atoms with E-state index in [4.69, 9.17) is 4.74 Å². The number of carbonyl (C=O) groups is 1. The lowest BCUT2D eigenvalue weighted by Crippen LogP contribution is -2.05. The van der Waals surface area contributed by atoms with Gasteiger partial charge in [-0.15, -0.1) is 0 Å². The molecule has 0 spiro atoms. The lowest BCUT2D eigenvalue weighted by Gasteiger charge is -2.08. The Bertz CT molecular complexity index is 974. The van der Waals surface area contributed by atoms with Gasteiger partial charge in [-0.2, -0.15) is 13.2 Å². The van der Waals surface area contributed by atoms with Crippen LogP contribution in [0, 0.1) is 0 Å². The molecule has 0 aliphatic carbocycles. The van der Waals surface area contributed by atoms with Crippen molar-refractivity contribution in [2.45, 2.75) is 6.18 Å². The van der Waals surface area contributed by atoms with E-state index in [1.807, 2.05) is 0 Å². The van der Waals surface area contributed by atoms with Gasteiger partial charge in [-0.05, 0) is 48.5 Å². The standard InChI is InChI=1S/C19H14F3NO4/c1-27-14-8-2-11(3-9-14)16(24)15-10-23(18(26)17(15)25)13-6-4-12(5-7-13)19(20,21)22/h2-10,25-26H,1H3. The van der Waals surface area contributed by atoms with Gasteiger partial charge in [0.15, 0.2) is 11.5 Å². The van der Waals surface area contributed by atoms with E-state index in [1.165, 1.54) is 25.4 Å². The van der Waals surface area contributed by atoms with E-state index < -0.39 is 29.2 Å². The lowest BCUT2D eigenvalue weighted by atomic mass is 10.1. The molecule has 3 rings (SSSR count). The van der Waals surface area contributed by atoms with E-state index in [0.29, 0.717) is 5.75 Å². The molecule has 1 heterocycles. The molecule has 0 unspecified atom stereocenters. The van der Waals surface area contributed by atoms with Gasteiger partial charge < -0.3 is 14.9 Å². The zero-order chi connectivity index (χ0) is 19.8. The van der Waals surface area contributed by atoms with Crippen LogP contribution in [0.3, 0.4) is 0 Å². The minimum absolute atomic E-state index is 0.157. The van der Waals surface area contributed by atoms with E-state index in [9.17, 15) is 28.2 Å². The molecule has 0 bridgehead atoms. The van der Waals surface area contributed by atoms with Crippen LogP contribution in [-0.2, 0) is 6.18 Å². The maximum atomic E-state index is 12.7. The topological polar surface area (TPSA) is 71.7 Å².